The minimum Gasteiger partial charge on any atom is -0.388 e. The summed E-state index contributed by atoms with van der Waals surface area (Å²) in [5.74, 6) is 3.09. The normalized spacial score (nSPS) is 33.6. The molecule has 3 aliphatic rings. The van der Waals surface area contributed by atoms with Crippen molar-refractivity contribution < 1.29 is 15.3 Å². The molecule has 4 heteroatoms. The third kappa shape index (κ3) is 5.82. The van der Waals surface area contributed by atoms with Crippen molar-refractivity contribution in [3.63, 3.8) is 0 Å². The number of hydrogen-bond donors (Lipinski definition) is 3. The first kappa shape index (κ1) is 26.7. The van der Waals surface area contributed by atoms with Gasteiger partial charge in [0.2, 0.25) is 0 Å². The second-order valence-electron chi connectivity index (χ2n) is 12.1. The van der Waals surface area contributed by atoms with E-state index in [9.17, 15) is 15.3 Å². The van der Waals surface area contributed by atoms with Gasteiger partial charge < -0.3 is 15.3 Å². The van der Waals surface area contributed by atoms with E-state index in [2.05, 4.69) is 50.8 Å². The van der Waals surface area contributed by atoms with Gasteiger partial charge >= 0.3 is 0 Å². The minimum absolute atomic E-state index is 0.345. The van der Waals surface area contributed by atoms with E-state index >= 15 is 0 Å². The zero-order valence-electron chi connectivity index (χ0n) is 22.0. The van der Waals surface area contributed by atoms with Crippen LogP contribution in [0.15, 0.2) is 64.6 Å². The molecule has 0 amide bonds. The number of benzene rings is 1. The Balaban J connectivity index is 1.43. The fourth-order valence-corrected chi connectivity index (χ4v) is 8.02. The van der Waals surface area contributed by atoms with Gasteiger partial charge in [0.25, 0.3) is 0 Å². The summed E-state index contributed by atoms with van der Waals surface area (Å²) in [5.41, 5.74) is 3.76. The van der Waals surface area contributed by atoms with Gasteiger partial charge in [0, 0.05) is 10.6 Å². The van der Waals surface area contributed by atoms with Crippen LogP contribution < -0.4 is 0 Å². The smallest absolute Gasteiger partial charge is 0.0840 e. The van der Waals surface area contributed by atoms with Crippen LogP contribution in [0, 0.1) is 23.2 Å². The molecule has 3 nitrogen and oxygen atoms in total. The van der Waals surface area contributed by atoms with Crippen LogP contribution in [0.3, 0.4) is 0 Å². The number of aliphatic hydroxyl groups is 3. The van der Waals surface area contributed by atoms with Gasteiger partial charge in [-0.25, -0.2) is 0 Å². The Morgan fingerprint density at radius 1 is 1.17 bits per heavy atom. The van der Waals surface area contributed by atoms with Crippen LogP contribution in [0.1, 0.15) is 78.2 Å². The number of rotatable bonds is 6. The average molecular weight is 497 g/mol. The van der Waals surface area contributed by atoms with Crippen LogP contribution in [0.4, 0.5) is 0 Å². The van der Waals surface area contributed by atoms with Crippen molar-refractivity contribution in [2.24, 2.45) is 23.2 Å². The molecule has 0 radical (unpaired) electrons. The van der Waals surface area contributed by atoms with E-state index in [0.29, 0.717) is 35.7 Å². The zero-order chi connectivity index (χ0) is 25.4. The zero-order valence-corrected chi connectivity index (χ0v) is 22.8. The number of fused-ring (bicyclic) bond motifs is 1. The number of aliphatic hydroxyl groups excluding tert-OH is 2. The van der Waals surface area contributed by atoms with Crippen LogP contribution in [0.2, 0.25) is 0 Å². The van der Waals surface area contributed by atoms with E-state index in [4.69, 9.17) is 0 Å². The lowest BCUT2D eigenvalue weighted by molar-refractivity contribution is 0.0784. The van der Waals surface area contributed by atoms with Gasteiger partial charge in [-0.3, -0.25) is 0 Å². The molecule has 35 heavy (non-hydrogen) atoms. The lowest BCUT2D eigenvalue weighted by Crippen LogP contribution is -2.36. The Bertz CT molecular complexity index is 971. The molecular formula is C31H44O3S. The summed E-state index contributed by atoms with van der Waals surface area (Å²) in [7, 11) is 0. The highest BCUT2D eigenvalue weighted by atomic mass is 32.2. The van der Waals surface area contributed by atoms with Gasteiger partial charge in [0.1, 0.15) is 0 Å². The second-order valence-corrected chi connectivity index (χ2v) is 13.1. The third-order valence-corrected chi connectivity index (χ3v) is 10.4. The van der Waals surface area contributed by atoms with Crippen LogP contribution in [0.5, 0.6) is 0 Å². The lowest BCUT2D eigenvalue weighted by Gasteiger charge is -2.44. The molecule has 0 saturated heterocycles. The molecular weight excluding hydrogens is 452 g/mol. The lowest BCUT2D eigenvalue weighted by atomic mass is 9.61. The Morgan fingerprint density at radius 2 is 1.89 bits per heavy atom. The van der Waals surface area contributed by atoms with Gasteiger partial charge in [-0.15, -0.1) is 11.8 Å². The maximum atomic E-state index is 10.4. The van der Waals surface area contributed by atoms with Gasteiger partial charge in [-0.05, 0) is 105 Å². The highest BCUT2D eigenvalue weighted by Gasteiger charge is 2.50. The van der Waals surface area contributed by atoms with Gasteiger partial charge in [-0.2, -0.15) is 0 Å². The van der Waals surface area contributed by atoms with Gasteiger partial charge in [0.05, 0.1) is 17.8 Å². The highest BCUT2D eigenvalue weighted by Crippen LogP contribution is 2.59. The van der Waals surface area contributed by atoms with Crippen LogP contribution in [0.25, 0.3) is 0 Å². The van der Waals surface area contributed by atoms with E-state index in [1.807, 2.05) is 31.7 Å². The predicted molar refractivity (Wildman–Crippen MR) is 146 cm³/mol. The minimum atomic E-state index is -0.809. The summed E-state index contributed by atoms with van der Waals surface area (Å²) in [4.78, 5) is 1.24. The quantitative estimate of drug-likeness (QED) is 0.300. The molecule has 4 rings (SSSR count). The molecule has 3 aliphatic carbocycles. The number of hydrogen-bond acceptors (Lipinski definition) is 4. The van der Waals surface area contributed by atoms with E-state index < -0.39 is 17.8 Å². The summed E-state index contributed by atoms with van der Waals surface area (Å²) in [5, 5.41) is 30.8. The Hall–Kier alpha value is -1.33. The maximum absolute atomic E-state index is 10.4. The maximum Gasteiger partial charge on any atom is 0.0840 e. The molecule has 0 heterocycles. The molecule has 0 aromatic heterocycles. The van der Waals surface area contributed by atoms with E-state index in [0.717, 1.165) is 22.8 Å². The van der Waals surface area contributed by atoms with E-state index in [1.165, 1.54) is 37.0 Å². The second kappa shape index (κ2) is 10.6. The molecule has 1 aromatic carbocycles. The molecule has 6 atom stereocenters. The highest BCUT2D eigenvalue weighted by molar-refractivity contribution is 7.99. The summed E-state index contributed by atoms with van der Waals surface area (Å²) in [6.07, 6.45) is 10.7. The number of allylic oxidation sites excluding steroid dienone is 3. The molecule has 0 spiro atoms. The SMILES string of the molecule is C=C1[C@H](O)CC(=C/C=C2\CCCC3(C)C2CCC3[C@@H](C)CSc2cccc(C(C)(C)O)c2)C[C@H]1O. The summed E-state index contributed by atoms with van der Waals surface area (Å²) < 4.78 is 0. The molecule has 192 valence electrons. The van der Waals surface area contributed by atoms with Crippen molar-refractivity contribution in [1.82, 2.24) is 0 Å². The summed E-state index contributed by atoms with van der Waals surface area (Å²) in [6.45, 7) is 12.5. The predicted octanol–water partition coefficient (Wildman–Crippen LogP) is 6.78. The topological polar surface area (TPSA) is 60.7 Å². The van der Waals surface area contributed by atoms with E-state index in [-0.39, 0.29) is 0 Å². The molecule has 1 aromatic rings. The first-order valence-electron chi connectivity index (χ1n) is 13.4. The Labute approximate surface area is 216 Å². The molecule has 3 saturated carbocycles. The largest absolute Gasteiger partial charge is 0.388 e. The monoisotopic (exact) mass is 496 g/mol. The Morgan fingerprint density at radius 3 is 2.57 bits per heavy atom. The average Bonchev–Trinajstić information content (AvgIpc) is 3.16. The van der Waals surface area contributed by atoms with Crippen LogP contribution in [-0.2, 0) is 5.60 Å². The molecule has 0 aliphatic heterocycles. The Kier molecular flexibility index (Phi) is 8.07. The van der Waals surface area contributed by atoms with Crippen LogP contribution in [-0.4, -0.2) is 33.3 Å². The van der Waals surface area contributed by atoms with Crippen molar-refractivity contribution in [3.8, 4) is 0 Å². The van der Waals surface area contributed by atoms with Crippen molar-refractivity contribution >= 4 is 11.8 Å². The number of thioether (sulfide) groups is 1. The van der Waals surface area contributed by atoms with E-state index in [1.54, 1.807) is 5.57 Å². The standard InChI is InChI=1S/C31H44O3S/c1-20(19-35-25-10-6-9-24(18-25)30(3,4)34)26-13-14-27-23(8-7-15-31(26,27)5)12-11-22-16-28(32)21(2)29(33)17-22/h6,9-12,18,20,26-29,32-34H,2,7-8,13-17,19H2,1,3-5H3/b23-12+/t20-,26?,27?,28+,29+,31?/m0/s1. The van der Waals surface area contributed by atoms with Gasteiger partial charge in [0.15, 0.2) is 0 Å². The van der Waals surface area contributed by atoms with Crippen molar-refractivity contribution in [2.75, 3.05) is 5.75 Å². The molecule has 3 unspecified atom stereocenters. The molecule has 3 fully saturated rings. The fourth-order valence-electron chi connectivity index (χ4n) is 6.95. The first-order valence-corrected chi connectivity index (χ1v) is 14.4. The summed E-state index contributed by atoms with van der Waals surface area (Å²) in [6, 6.07) is 8.36. The first-order chi connectivity index (χ1) is 16.5. The van der Waals surface area contributed by atoms with Crippen molar-refractivity contribution in [1.29, 1.82) is 0 Å². The fraction of sp³-hybridized carbons (Fsp3) is 0.613. The van der Waals surface area contributed by atoms with Crippen molar-refractivity contribution in [2.45, 2.75) is 95.3 Å². The van der Waals surface area contributed by atoms with Gasteiger partial charge in [-0.1, -0.05) is 55.9 Å². The molecule has 3 N–H and O–H groups in total. The summed E-state index contributed by atoms with van der Waals surface area (Å²) >= 11 is 1.92. The van der Waals surface area contributed by atoms with Crippen molar-refractivity contribution in [3.05, 3.63) is 65.3 Å². The third-order valence-electron chi connectivity index (χ3n) is 9.08. The molecule has 0 bridgehead atoms. The van der Waals surface area contributed by atoms with Crippen LogP contribution >= 0.6 is 11.8 Å².